The molecule has 0 spiro atoms. The molecule has 5 heteroatoms. The molecule has 1 amide bonds. The lowest BCUT2D eigenvalue weighted by atomic mass is 9.94. The number of hydrogen-bond donors (Lipinski definition) is 0. The van der Waals surface area contributed by atoms with E-state index in [1.54, 1.807) is 4.90 Å². The van der Waals surface area contributed by atoms with Gasteiger partial charge in [0.15, 0.2) is 0 Å². The van der Waals surface area contributed by atoms with E-state index in [9.17, 15) is 4.79 Å². The Morgan fingerprint density at radius 2 is 2.18 bits per heavy atom. The van der Waals surface area contributed by atoms with Crippen molar-refractivity contribution in [1.82, 2.24) is 4.98 Å². The maximum absolute atomic E-state index is 12.3. The average Bonchev–Trinajstić information content (AvgIpc) is 2.25. The molecule has 0 aliphatic carbocycles. The summed E-state index contributed by atoms with van der Waals surface area (Å²) in [5, 5.41) is 0. The Bertz CT molecular complexity index is 454. The van der Waals surface area contributed by atoms with Crippen molar-refractivity contribution in [3.05, 3.63) is 15.8 Å². The second-order valence-electron chi connectivity index (χ2n) is 5.01. The van der Waals surface area contributed by atoms with E-state index in [4.69, 9.17) is 4.74 Å². The van der Waals surface area contributed by atoms with E-state index >= 15 is 0 Å². The SMILES string of the molecule is CC(C)(C)C(=O)N1CCOc2nc(I)ccc21. The molecule has 0 fully saturated rings. The van der Waals surface area contributed by atoms with Gasteiger partial charge in [-0.3, -0.25) is 4.79 Å². The van der Waals surface area contributed by atoms with Crippen molar-refractivity contribution in [2.24, 2.45) is 5.41 Å². The van der Waals surface area contributed by atoms with Gasteiger partial charge >= 0.3 is 0 Å². The summed E-state index contributed by atoms with van der Waals surface area (Å²) in [5.74, 6) is 0.658. The second kappa shape index (κ2) is 4.44. The van der Waals surface area contributed by atoms with Crippen LogP contribution in [-0.2, 0) is 4.79 Å². The van der Waals surface area contributed by atoms with Crippen molar-refractivity contribution in [3.63, 3.8) is 0 Å². The Kier molecular flexibility index (Phi) is 3.29. The predicted octanol–water partition coefficient (Wildman–Crippen LogP) is 2.46. The van der Waals surface area contributed by atoms with Crippen molar-refractivity contribution in [2.75, 3.05) is 18.1 Å². The van der Waals surface area contributed by atoms with Crippen LogP contribution < -0.4 is 9.64 Å². The molecule has 1 aliphatic heterocycles. The molecule has 92 valence electrons. The summed E-state index contributed by atoms with van der Waals surface area (Å²) >= 11 is 2.13. The second-order valence-corrected chi connectivity index (χ2v) is 6.12. The molecule has 1 aliphatic rings. The quantitative estimate of drug-likeness (QED) is 0.535. The first-order valence-corrected chi connectivity index (χ1v) is 6.59. The van der Waals surface area contributed by atoms with Crippen LogP contribution in [0.2, 0.25) is 0 Å². The smallest absolute Gasteiger partial charge is 0.239 e. The maximum Gasteiger partial charge on any atom is 0.239 e. The van der Waals surface area contributed by atoms with E-state index in [0.717, 1.165) is 9.39 Å². The zero-order chi connectivity index (χ0) is 12.6. The molecule has 1 aromatic rings. The summed E-state index contributed by atoms with van der Waals surface area (Å²) in [6.45, 7) is 6.85. The highest BCUT2D eigenvalue weighted by Crippen LogP contribution is 2.33. The van der Waals surface area contributed by atoms with Crippen LogP contribution in [0.3, 0.4) is 0 Å². The predicted molar refractivity (Wildman–Crippen MR) is 74.3 cm³/mol. The Labute approximate surface area is 114 Å². The van der Waals surface area contributed by atoms with E-state index in [2.05, 4.69) is 27.6 Å². The molecule has 0 unspecified atom stereocenters. The number of carbonyl (C=O) groups is 1. The van der Waals surface area contributed by atoms with Gasteiger partial charge in [-0.2, -0.15) is 0 Å². The number of halogens is 1. The molecule has 0 saturated carbocycles. The molecule has 0 bridgehead atoms. The molecule has 2 heterocycles. The standard InChI is InChI=1S/C12H15IN2O2/c1-12(2,3)11(16)15-6-7-17-10-8(15)4-5-9(13)14-10/h4-5H,6-7H2,1-3H3. The van der Waals surface area contributed by atoms with Gasteiger partial charge in [-0.05, 0) is 34.7 Å². The fraction of sp³-hybridized carbons (Fsp3) is 0.500. The lowest BCUT2D eigenvalue weighted by Gasteiger charge is -2.33. The van der Waals surface area contributed by atoms with Crippen LogP contribution in [0.25, 0.3) is 0 Å². The largest absolute Gasteiger partial charge is 0.474 e. The fourth-order valence-electron chi connectivity index (χ4n) is 1.69. The van der Waals surface area contributed by atoms with Crippen molar-refractivity contribution in [2.45, 2.75) is 20.8 Å². The average molecular weight is 346 g/mol. The van der Waals surface area contributed by atoms with Crippen molar-refractivity contribution < 1.29 is 9.53 Å². The number of ether oxygens (including phenoxy) is 1. The minimum Gasteiger partial charge on any atom is -0.474 e. The van der Waals surface area contributed by atoms with Gasteiger partial charge in [0.2, 0.25) is 11.8 Å². The van der Waals surface area contributed by atoms with Crippen LogP contribution in [0.1, 0.15) is 20.8 Å². The van der Waals surface area contributed by atoms with Gasteiger partial charge in [-0.15, -0.1) is 0 Å². The minimum absolute atomic E-state index is 0.102. The molecule has 1 aromatic heterocycles. The molecule has 0 atom stereocenters. The van der Waals surface area contributed by atoms with Crippen LogP contribution in [-0.4, -0.2) is 24.0 Å². The highest BCUT2D eigenvalue weighted by molar-refractivity contribution is 14.1. The maximum atomic E-state index is 12.3. The van der Waals surface area contributed by atoms with Crippen LogP contribution in [0.15, 0.2) is 12.1 Å². The summed E-state index contributed by atoms with van der Waals surface area (Å²) in [4.78, 5) is 18.4. The third-order valence-electron chi connectivity index (χ3n) is 2.54. The highest BCUT2D eigenvalue weighted by atomic mass is 127. The van der Waals surface area contributed by atoms with Crippen molar-refractivity contribution >= 4 is 34.2 Å². The highest BCUT2D eigenvalue weighted by Gasteiger charge is 2.32. The van der Waals surface area contributed by atoms with Crippen LogP contribution >= 0.6 is 22.6 Å². The lowest BCUT2D eigenvalue weighted by molar-refractivity contribution is -0.126. The van der Waals surface area contributed by atoms with Gasteiger partial charge in [0.1, 0.15) is 16.0 Å². The number of rotatable bonds is 0. The zero-order valence-corrected chi connectivity index (χ0v) is 12.3. The Morgan fingerprint density at radius 3 is 2.82 bits per heavy atom. The monoisotopic (exact) mass is 346 g/mol. The molecule has 0 saturated heterocycles. The van der Waals surface area contributed by atoms with Crippen LogP contribution in [0, 0.1) is 9.12 Å². The van der Waals surface area contributed by atoms with Crippen LogP contribution in [0.4, 0.5) is 5.69 Å². The summed E-state index contributed by atoms with van der Waals surface area (Å²) in [7, 11) is 0. The van der Waals surface area contributed by atoms with Gasteiger partial charge in [0.25, 0.3) is 0 Å². The van der Waals surface area contributed by atoms with E-state index in [-0.39, 0.29) is 5.91 Å². The first kappa shape index (κ1) is 12.6. The van der Waals surface area contributed by atoms with Crippen molar-refractivity contribution in [3.8, 4) is 5.88 Å². The van der Waals surface area contributed by atoms with E-state index < -0.39 is 5.41 Å². The number of pyridine rings is 1. The van der Waals surface area contributed by atoms with Gasteiger partial charge in [0, 0.05) is 5.41 Å². The van der Waals surface area contributed by atoms with Gasteiger partial charge in [0.05, 0.1) is 6.54 Å². The number of amides is 1. The number of anilines is 1. The lowest BCUT2D eigenvalue weighted by Crippen LogP contribution is -2.44. The third-order valence-corrected chi connectivity index (χ3v) is 3.14. The molecule has 2 rings (SSSR count). The fourth-order valence-corrected chi connectivity index (χ4v) is 2.09. The van der Waals surface area contributed by atoms with Crippen molar-refractivity contribution in [1.29, 1.82) is 0 Å². The molecule has 0 N–H and O–H groups in total. The summed E-state index contributed by atoms with van der Waals surface area (Å²) in [6, 6.07) is 3.78. The first-order valence-electron chi connectivity index (χ1n) is 5.51. The zero-order valence-electron chi connectivity index (χ0n) is 10.2. The molecule has 17 heavy (non-hydrogen) atoms. The van der Waals surface area contributed by atoms with Gasteiger partial charge in [-0.1, -0.05) is 20.8 Å². The van der Waals surface area contributed by atoms with E-state index in [1.807, 2.05) is 32.9 Å². The van der Waals surface area contributed by atoms with E-state index in [1.165, 1.54) is 0 Å². The number of aromatic nitrogens is 1. The number of carbonyl (C=O) groups excluding carboxylic acids is 1. The summed E-state index contributed by atoms with van der Waals surface area (Å²) in [6.07, 6.45) is 0. The van der Waals surface area contributed by atoms with E-state index in [0.29, 0.717) is 19.0 Å². The normalized spacial score (nSPS) is 15.2. The minimum atomic E-state index is -0.391. The molecule has 0 radical (unpaired) electrons. The molecule has 0 aromatic carbocycles. The first-order chi connectivity index (χ1) is 7.89. The Balaban J connectivity index is 2.39. The van der Waals surface area contributed by atoms with Gasteiger partial charge in [-0.25, -0.2) is 4.98 Å². The Morgan fingerprint density at radius 1 is 1.47 bits per heavy atom. The summed E-state index contributed by atoms with van der Waals surface area (Å²) < 4.78 is 6.35. The number of hydrogen-bond acceptors (Lipinski definition) is 3. The number of fused-ring (bicyclic) bond motifs is 1. The Hall–Kier alpha value is -0.850. The summed E-state index contributed by atoms with van der Waals surface area (Å²) in [5.41, 5.74) is 0.383. The van der Waals surface area contributed by atoms with Crippen LogP contribution in [0.5, 0.6) is 5.88 Å². The van der Waals surface area contributed by atoms with Gasteiger partial charge < -0.3 is 9.64 Å². The number of nitrogens with zero attached hydrogens (tertiary/aromatic N) is 2. The topological polar surface area (TPSA) is 42.4 Å². The third kappa shape index (κ3) is 2.53. The molecule has 4 nitrogen and oxygen atoms in total. The molecular formula is C12H15IN2O2. The molecular weight excluding hydrogens is 331 g/mol.